The molecule has 7 heteroatoms. The van der Waals surface area contributed by atoms with Gasteiger partial charge in [0.15, 0.2) is 0 Å². The van der Waals surface area contributed by atoms with Gasteiger partial charge in [0.2, 0.25) is 0 Å². The Morgan fingerprint density at radius 3 is 2.61 bits per heavy atom. The molecule has 8 rings (SSSR count). The number of carbonyl (C=O) groups excluding carboxylic acids is 2. The third kappa shape index (κ3) is 5.97. The number of aromatic amines is 1. The number of Topliss-reactive ketones (excluding diaryl/α,β-unsaturated/α-hetero) is 1. The fourth-order valence-electron chi connectivity index (χ4n) is 11.5. The van der Waals surface area contributed by atoms with Crippen LogP contribution in [0.2, 0.25) is 0 Å². The van der Waals surface area contributed by atoms with Gasteiger partial charge >= 0.3 is 0 Å². The van der Waals surface area contributed by atoms with E-state index in [-0.39, 0.29) is 5.91 Å². The van der Waals surface area contributed by atoms with E-state index in [4.69, 9.17) is 4.74 Å². The summed E-state index contributed by atoms with van der Waals surface area (Å²) in [4.78, 5) is 28.2. The topological polar surface area (TPSA) is 83.2 Å². The summed E-state index contributed by atoms with van der Waals surface area (Å²) in [6.07, 6.45) is 15.1. The van der Waals surface area contributed by atoms with Gasteiger partial charge in [-0.1, -0.05) is 38.1 Å². The Labute approximate surface area is 290 Å². The van der Waals surface area contributed by atoms with Crippen molar-refractivity contribution in [1.82, 2.24) is 15.6 Å². The molecule has 3 aromatic rings. The Balaban J connectivity index is 0.775. The molecule has 2 heterocycles. The average Bonchev–Trinajstić information content (AvgIpc) is 3.57. The molecule has 0 unspecified atom stereocenters. The first-order chi connectivity index (χ1) is 23.7. The van der Waals surface area contributed by atoms with Crippen LogP contribution in [0.25, 0.3) is 22.2 Å². The molecule has 1 amide bonds. The van der Waals surface area contributed by atoms with Crippen molar-refractivity contribution >= 4 is 22.6 Å². The van der Waals surface area contributed by atoms with E-state index < -0.39 is 5.82 Å². The lowest BCUT2D eigenvalue weighted by Crippen LogP contribution is -2.54. The second-order valence-corrected chi connectivity index (χ2v) is 16.7. The number of ether oxygens (including phenoxy) is 1. The molecule has 2 aromatic carbocycles. The lowest BCUT2D eigenvalue weighted by Gasteiger charge is -2.60. The van der Waals surface area contributed by atoms with Gasteiger partial charge < -0.3 is 20.4 Å². The highest BCUT2D eigenvalue weighted by Crippen LogP contribution is 2.66. The standard InChI is InChI=1S/C42H54FN3O3/c1-41-17-14-30(47)22-28(41)10-11-31-34-12-13-37(42(34,2)18-15-35(31)41)49-21-5-3-4-19-44-25-26-6-8-27(9-7-26)39-32-16-20-45-40(48)33-23-29(43)24-36(46-39)38(32)33/h6-9,23-24,28,31,34-35,37,44,46H,3-5,10-22,25H2,1-2H3,(H,45,48)/t28-,31-,34-,35-,37-,41-,42-/m0/s1. The number of aromatic nitrogens is 1. The molecule has 5 aliphatic rings. The van der Waals surface area contributed by atoms with Gasteiger partial charge in [0.05, 0.1) is 11.7 Å². The Bertz CT molecular complexity index is 1720. The largest absolute Gasteiger partial charge is 0.378 e. The van der Waals surface area contributed by atoms with Gasteiger partial charge in [0.25, 0.3) is 5.91 Å². The van der Waals surface area contributed by atoms with Gasteiger partial charge in [-0.25, -0.2) is 4.39 Å². The number of hydrogen-bond donors (Lipinski definition) is 3. The third-order valence-corrected chi connectivity index (χ3v) is 14.2. The zero-order chi connectivity index (χ0) is 33.8. The van der Waals surface area contributed by atoms with Crippen LogP contribution in [0.1, 0.15) is 112 Å². The summed E-state index contributed by atoms with van der Waals surface area (Å²) in [5, 5.41) is 7.35. The van der Waals surface area contributed by atoms with E-state index in [1.54, 1.807) is 0 Å². The maximum absolute atomic E-state index is 14.3. The van der Waals surface area contributed by atoms with Crippen molar-refractivity contribution in [3.05, 3.63) is 58.9 Å². The van der Waals surface area contributed by atoms with Crippen molar-refractivity contribution in [1.29, 1.82) is 0 Å². The molecule has 4 aliphatic carbocycles. The monoisotopic (exact) mass is 667 g/mol. The molecule has 4 saturated carbocycles. The summed E-state index contributed by atoms with van der Waals surface area (Å²) in [7, 11) is 0. The number of H-pyrrole nitrogens is 1. The van der Waals surface area contributed by atoms with E-state index in [1.807, 2.05) is 0 Å². The lowest BCUT2D eigenvalue weighted by molar-refractivity contribution is -0.145. The Hall–Kier alpha value is -3.03. The highest BCUT2D eigenvalue weighted by molar-refractivity contribution is 6.10. The Morgan fingerprint density at radius 2 is 1.76 bits per heavy atom. The number of unbranched alkanes of at least 4 members (excludes halogenated alkanes) is 2. The highest BCUT2D eigenvalue weighted by atomic mass is 19.1. The van der Waals surface area contributed by atoms with Crippen molar-refractivity contribution in [2.45, 2.75) is 110 Å². The van der Waals surface area contributed by atoms with Gasteiger partial charge in [-0.3, -0.25) is 9.59 Å². The predicted octanol–water partition coefficient (Wildman–Crippen LogP) is 8.52. The number of carbonyl (C=O) groups is 2. The number of amides is 1. The van der Waals surface area contributed by atoms with E-state index in [0.29, 0.717) is 52.7 Å². The van der Waals surface area contributed by atoms with Crippen molar-refractivity contribution in [2.24, 2.45) is 34.5 Å². The number of benzene rings is 2. The van der Waals surface area contributed by atoms with Crippen LogP contribution < -0.4 is 10.6 Å². The van der Waals surface area contributed by atoms with Gasteiger partial charge in [-0.15, -0.1) is 0 Å². The average molecular weight is 668 g/mol. The zero-order valence-electron chi connectivity index (χ0n) is 29.5. The van der Waals surface area contributed by atoms with E-state index >= 15 is 0 Å². The predicted molar refractivity (Wildman–Crippen MR) is 192 cm³/mol. The summed E-state index contributed by atoms with van der Waals surface area (Å²) < 4.78 is 20.9. The SMILES string of the molecule is C[C@]12CCC(=O)C[C@@H]1CC[C@@H]1[C@@H]2CC[C@]2(C)[C@@H](OCCCCCNCc3ccc(-c4[nH]c5cc(F)cc6c5c4CCNC6=O)cc3)CC[C@@H]12. The molecule has 0 saturated heterocycles. The molecule has 262 valence electrons. The van der Waals surface area contributed by atoms with Crippen molar-refractivity contribution in [2.75, 3.05) is 19.7 Å². The van der Waals surface area contributed by atoms with Gasteiger partial charge in [0, 0.05) is 49.1 Å². The molecule has 0 radical (unpaired) electrons. The van der Waals surface area contributed by atoms with Gasteiger partial charge in [-0.2, -0.15) is 0 Å². The van der Waals surface area contributed by atoms with E-state index in [2.05, 4.69) is 53.7 Å². The molecule has 7 atom stereocenters. The molecule has 1 aromatic heterocycles. The van der Waals surface area contributed by atoms with Crippen LogP contribution >= 0.6 is 0 Å². The third-order valence-electron chi connectivity index (χ3n) is 14.2. The van der Waals surface area contributed by atoms with Crippen molar-refractivity contribution in [3.63, 3.8) is 0 Å². The van der Waals surface area contributed by atoms with E-state index in [0.717, 1.165) is 91.8 Å². The molecular weight excluding hydrogens is 613 g/mol. The highest BCUT2D eigenvalue weighted by Gasteiger charge is 2.60. The van der Waals surface area contributed by atoms with Crippen LogP contribution in [0.15, 0.2) is 36.4 Å². The van der Waals surface area contributed by atoms with E-state index in [1.165, 1.54) is 62.6 Å². The first kappa shape index (κ1) is 33.1. The molecule has 0 spiro atoms. The fraction of sp³-hybridized carbons (Fsp3) is 0.619. The minimum atomic E-state index is -0.404. The molecule has 3 N–H and O–H groups in total. The van der Waals surface area contributed by atoms with Crippen LogP contribution in [0.4, 0.5) is 4.39 Å². The number of fused-ring (bicyclic) bond motifs is 5. The minimum absolute atomic E-state index is 0.214. The Morgan fingerprint density at radius 1 is 0.918 bits per heavy atom. The van der Waals surface area contributed by atoms with Crippen LogP contribution in [-0.4, -0.2) is 42.5 Å². The summed E-state index contributed by atoms with van der Waals surface area (Å²) in [5.41, 5.74) is 6.12. The molecule has 4 fully saturated rings. The number of rotatable bonds is 10. The lowest BCUT2D eigenvalue weighted by atomic mass is 9.45. The second-order valence-electron chi connectivity index (χ2n) is 16.7. The van der Waals surface area contributed by atoms with Crippen LogP contribution in [0, 0.1) is 40.3 Å². The van der Waals surface area contributed by atoms with Crippen molar-refractivity contribution < 1.29 is 18.7 Å². The molecule has 0 bridgehead atoms. The molecule has 6 nitrogen and oxygen atoms in total. The zero-order valence-corrected chi connectivity index (χ0v) is 29.5. The number of hydrogen-bond acceptors (Lipinski definition) is 4. The Kier molecular flexibility index (Phi) is 8.97. The second kappa shape index (κ2) is 13.3. The van der Waals surface area contributed by atoms with Crippen molar-refractivity contribution in [3.8, 4) is 11.3 Å². The first-order valence-corrected chi connectivity index (χ1v) is 19.3. The number of nitrogens with one attached hydrogen (secondary N) is 3. The number of halogens is 1. The van der Waals surface area contributed by atoms with Crippen LogP contribution in [0.5, 0.6) is 0 Å². The minimum Gasteiger partial charge on any atom is -0.378 e. The molecular formula is C42H54FN3O3. The van der Waals surface area contributed by atoms with Crippen LogP contribution in [0.3, 0.4) is 0 Å². The van der Waals surface area contributed by atoms with Crippen LogP contribution in [-0.2, 0) is 22.5 Å². The van der Waals surface area contributed by atoms with Gasteiger partial charge in [-0.05, 0) is 140 Å². The first-order valence-electron chi connectivity index (χ1n) is 19.3. The maximum Gasteiger partial charge on any atom is 0.252 e. The quantitative estimate of drug-likeness (QED) is 0.189. The normalized spacial score (nSPS) is 32.3. The summed E-state index contributed by atoms with van der Waals surface area (Å²) >= 11 is 0. The van der Waals surface area contributed by atoms with E-state index in [9.17, 15) is 14.0 Å². The fourth-order valence-corrected chi connectivity index (χ4v) is 11.5. The summed E-state index contributed by atoms with van der Waals surface area (Å²) in [6, 6.07) is 11.4. The smallest absolute Gasteiger partial charge is 0.252 e. The van der Waals surface area contributed by atoms with Gasteiger partial charge in [0.1, 0.15) is 11.6 Å². The maximum atomic E-state index is 14.3. The molecule has 49 heavy (non-hydrogen) atoms. The molecule has 1 aliphatic heterocycles. The number of ketones is 1. The summed E-state index contributed by atoms with van der Waals surface area (Å²) in [5.74, 6) is 2.96. The summed E-state index contributed by atoms with van der Waals surface area (Å²) in [6.45, 7) is 8.32.